The molecule has 0 spiro atoms. The van der Waals surface area contributed by atoms with E-state index in [9.17, 15) is 88.8 Å². The normalized spacial score (nSPS) is 28.7. The molecule has 45 heteroatoms. The van der Waals surface area contributed by atoms with Crippen LogP contribution < -0.4 is 72.9 Å². The number of amides is 7. The number of rotatable bonds is 23. The molecule has 0 aromatic heterocycles. The zero-order valence-electron chi connectivity index (χ0n) is 70.6. The Bertz CT molecular complexity index is 5470. The molecule has 8 aliphatic heterocycles. The Morgan fingerprint density at radius 2 is 1.30 bits per heavy atom. The van der Waals surface area contributed by atoms with Crippen molar-refractivity contribution in [3.05, 3.63) is 176 Å². The number of phenols is 3. The number of aliphatic hydroxyl groups excluding tert-OH is 8. The Balaban J connectivity index is 0.0000160. The molecule has 8 heterocycles. The summed E-state index contributed by atoms with van der Waals surface area (Å²) in [4.78, 5) is 121. The van der Waals surface area contributed by atoms with Crippen molar-refractivity contribution in [3.8, 4) is 62.9 Å². The maximum Gasteiger partial charge on any atom is 0.573 e. The van der Waals surface area contributed by atoms with Gasteiger partial charge >= 0.3 is 12.3 Å². The minimum absolute atomic E-state index is 0. The van der Waals surface area contributed by atoms with Crippen LogP contribution in [0.4, 0.5) is 13.2 Å². The fraction of sp³-hybridized carbons (Fsp3) is 0.432. The molecular formula is C88H101Cl2F3N10O29S. The summed E-state index contributed by atoms with van der Waals surface area (Å²) in [6, 6.07) is 11.1. The second kappa shape index (κ2) is 42.3. The fourth-order valence-electron chi connectivity index (χ4n) is 16.1. The van der Waals surface area contributed by atoms with Crippen molar-refractivity contribution in [2.24, 2.45) is 17.4 Å². The predicted octanol–water partition coefficient (Wildman–Crippen LogP) is 3.55. The number of primary amides is 1. The summed E-state index contributed by atoms with van der Waals surface area (Å²) in [7, 11) is 1.45. The number of benzene rings is 7. The zero-order valence-corrected chi connectivity index (χ0v) is 72.9. The summed E-state index contributed by atoms with van der Waals surface area (Å²) in [5.41, 5.74) is 9.25. The van der Waals surface area contributed by atoms with Crippen LogP contribution in [0.15, 0.2) is 132 Å². The van der Waals surface area contributed by atoms with Crippen LogP contribution in [-0.2, 0) is 74.3 Å². The lowest BCUT2D eigenvalue weighted by Crippen LogP contribution is -2.65. The molecule has 133 heavy (non-hydrogen) atoms. The SMILES string of the molecule is C.CN[C@H](CC(C)C)C(=O)N[C@H]1C(=O)N[C@@H](CC(N)=O)C(=O)N[C@H]2C(=O)N[C@H]3C(=O)N[C@H](C(=O)N[C@@H](C(=O)O)c4cc(O)cc(O)c4-c4cc3ccc4O)[C@H](OC3C[C@](C)(N)[C@@H](O)[C@H](C)O3)c3ccc(c(Cl)c3)Oc3cc2cc(c3O[C@@H]2O[C@H](CO)[C@@H](O[C@@H]3O[C@H](CNCc4cccc(SCc5ccc(OC(F)(F)F)cc5)c4)[C@H](O)[C@H](O)[C@H]3O)[C@H](O)[C@H]2O)Oc2ccc(cc2Cl)[C@H]1O. The van der Waals surface area contributed by atoms with Gasteiger partial charge in [-0.1, -0.05) is 86.9 Å². The van der Waals surface area contributed by atoms with Crippen molar-refractivity contribution >= 4 is 82.3 Å². The van der Waals surface area contributed by atoms with E-state index in [-0.39, 0.29) is 56.2 Å². The number of carboxylic acid groups (broad SMARTS) is 1. The first-order valence-electron chi connectivity index (χ1n) is 41.3. The number of nitrogens with one attached hydrogen (secondary N) is 8. The Kier molecular flexibility index (Phi) is 32.1. The van der Waals surface area contributed by atoms with Crippen molar-refractivity contribution < 1.29 is 155 Å². The standard InChI is InChI=1S/C87H97Cl2F3N10O29S.CH4/c1-34(2)19-49(95-5)77(115)101-65-67(108)39-12-17-53(47(88)22-39)124-55-24-41-25-56(74(55)129-85-72(113)70(111)75(58(32-103)127-85)130-84-71(112)69(110)68(109)57(126-84)31-96-30-37-7-6-8-44(20-37)132-33-36-9-14-43(15-10-36)131-87(90,91)92)125-54-18-13-40(23-48(54)89)73(128-60-29-86(4,94)76(114)35(3)123-60)66-82(120)100-64(83(121)122)46-26-42(104)27-52(106)61(46)45-21-38(11-16-51(45)105)62(79(117)102-66)99-80(118)63(41)98-78(116)50(28-59(93)107)97-81(65)119;/h6-18,20-27,34-35,49-50,57-58,60,62-73,75-76,84-85,95-96,103-106,108-114H,19,28-33,94H2,1-5H3,(H2,93,107)(H,97,119)(H,98,116)(H,99,118)(H,100,120)(H,101,115)(H,102,117)(H,121,122);1H4/t35-,49+,50-,57+,58+,60?,62+,63+,64+,65+,66-,67+,68-,69-,70+,71+,72+,73+,75+,76-,84-,85-,86-;/m0./s1. The van der Waals surface area contributed by atoms with Gasteiger partial charge in [0.15, 0.2) is 30.1 Å². The maximum absolute atomic E-state index is 16.5. The molecular weight excluding hydrogens is 1820 g/mol. The highest BCUT2D eigenvalue weighted by molar-refractivity contribution is 7.98. The molecule has 718 valence electrons. The fourth-order valence-corrected chi connectivity index (χ4v) is 17.4. The van der Waals surface area contributed by atoms with Crippen LogP contribution in [0.2, 0.25) is 10.0 Å². The van der Waals surface area contributed by atoms with Gasteiger partial charge in [0, 0.05) is 58.5 Å². The van der Waals surface area contributed by atoms with Gasteiger partial charge in [-0.3, -0.25) is 33.6 Å². The number of carboxylic acids is 1. The maximum atomic E-state index is 16.5. The average molecular weight is 1920 g/mol. The molecule has 7 aromatic rings. The number of likely N-dealkylation sites (N-methyl/N-ethyl adjacent to an activating group) is 1. The van der Waals surface area contributed by atoms with Gasteiger partial charge in [-0.25, -0.2) is 4.79 Å². The number of nitrogens with two attached hydrogens (primary N) is 2. The number of fused-ring (bicyclic) bond motifs is 15. The number of alkyl halides is 3. The van der Waals surface area contributed by atoms with E-state index >= 15 is 24.0 Å². The van der Waals surface area contributed by atoms with Crippen molar-refractivity contribution in [2.75, 3.05) is 20.2 Å². The van der Waals surface area contributed by atoms with E-state index in [1.807, 2.05) is 6.07 Å². The van der Waals surface area contributed by atoms with Crippen molar-refractivity contribution in [2.45, 2.75) is 218 Å². The Hall–Kier alpha value is -11.0. The molecule has 7 amide bonds. The summed E-state index contributed by atoms with van der Waals surface area (Å²) >= 11 is 15.9. The molecule has 3 fully saturated rings. The molecule has 11 bridgehead atoms. The van der Waals surface area contributed by atoms with Gasteiger partial charge in [0.1, 0.15) is 126 Å². The van der Waals surface area contributed by atoms with Gasteiger partial charge in [0.05, 0.1) is 41.3 Å². The number of hydrogen-bond donors (Lipinski definition) is 22. The number of aliphatic hydroxyl groups is 8. The van der Waals surface area contributed by atoms with Crippen LogP contribution in [0.5, 0.6) is 51.7 Å². The number of aromatic hydroxyl groups is 3. The van der Waals surface area contributed by atoms with Gasteiger partial charge in [-0.05, 0) is 145 Å². The third kappa shape index (κ3) is 23.3. The van der Waals surface area contributed by atoms with E-state index in [1.165, 1.54) is 69.1 Å². The predicted molar refractivity (Wildman–Crippen MR) is 462 cm³/mol. The Morgan fingerprint density at radius 1 is 0.669 bits per heavy atom. The molecule has 8 aliphatic rings. The van der Waals surface area contributed by atoms with Gasteiger partial charge in [-0.2, -0.15) is 0 Å². The van der Waals surface area contributed by atoms with E-state index in [4.69, 9.17) is 72.6 Å². The summed E-state index contributed by atoms with van der Waals surface area (Å²) in [5, 5.41) is 160. The lowest BCUT2D eigenvalue weighted by molar-refractivity contribution is -0.350. The summed E-state index contributed by atoms with van der Waals surface area (Å²) < 4.78 is 93.6. The minimum atomic E-state index is -4.87. The Morgan fingerprint density at radius 3 is 1.93 bits per heavy atom. The van der Waals surface area contributed by atoms with Crippen molar-refractivity contribution in [1.82, 2.24) is 42.5 Å². The number of phenolic OH excluding ortho intramolecular Hbond substituents is 3. The van der Waals surface area contributed by atoms with E-state index in [2.05, 4.69) is 47.3 Å². The molecule has 0 aliphatic carbocycles. The van der Waals surface area contributed by atoms with E-state index < -0.39 is 291 Å². The smallest absolute Gasteiger partial charge is 0.508 e. The first kappa shape index (κ1) is 101. The van der Waals surface area contributed by atoms with Gasteiger partial charge in [-0.15, -0.1) is 24.9 Å². The second-order valence-electron chi connectivity index (χ2n) is 33.1. The highest BCUT2D eigenvalue weighted by atomic mass is 35.5. The number of hydrogen-bond acceptors (Lipinski definition) is 32. The third-order valence-corrected chi connectivity index (χ3v) is 24.5. The van der Waals surface area contributed by atoms with Crippen LogP contribution in [-0.4, -0.2) is 245 Å². The number of aliphatic carboxylic acids is 1. The van der Waals surface area contributed by atoms with E-state index in [0.29, 0.717) is 16.9 Å². The molecule has 39 nitrogen and oxygen atoms in total. The van der Waals surface area contributed by atoms with E-state index in [1.54, 1.807) is 32.0 Å². The topological polar surface area (TPSA) is 611 Å². The summed E-state index contributed by atoms with van der Waals surface area (Å²) in [6.07, 6.45) is -34.7. The lowest BCUT2D eigenvalue weighted by atomic mass is 9.86. The van der Waals surface area contributed by atoms with Crippen LogP contribution in [0.1, 0.15) is 124 Å². The molecule has 3 saturated heterocycles. The second-order valence-corrected chi connectivity index (χ2v) is 35.0. The largest absolute Gasteiger partial charge is 0.573 e. The van der Waals surface area contributed by atoms with Crippen molar-refractivity contribution in [3.63, 3.8) is 0 Å². The highest BCUT2D eigenvalue weighted by Gasteiger charge is 2.53. The van der Waals surface area contributed by atoms with Crippen molar-refractivity contribution in [1.29, 1.82) is 0 Å². The summed E-state index contributed by atoms with van der Waals surface area (Å²) in [6.45, 7) is 5.20. The first-order chi connectivity index (χ1) is 62.4. The molecule has 7 aromatic carbocycles. The number of halogens is 5. The third-order valence-electron chi connectivity index (χ3n) is 22.8. The van der Waals surface area contributed by atoms with Crippen LogP contribution in [0, 0.1) is 5.92 Å². The Labute approximate surface area is 771 Å². The highest BCUT2D eigenvalue weighted by Crippen LogP contribution is 2.51. The zero-order chi connectivity index (χ0) is 95.5. The monoisotopic (exact) mass is 1920 g/mol. The number of carbonyl (C=O) groups is 8. The van der Waals surface area contributed by atoms with Gasteiger partial charge in [0.2, 0.25) is 53.4 Å². The van der Waals surface area contributed by atoms with Gasteiger partial charge < -0.3 is 158 Å². The molecule has 23 atom stereocenters. The number of carbonyl (C=O) groups excluding carboxylic acids is 7. The molecule has 15 rings (SSSR count). The van der Waals surface area contributed by atoms with Crippen LogP contribution in [0.25, 0.3) is 11.1 Å². The summed E-state index contributed by atoms with van der Waals surface area (Å²) in [5.74, 6) is -17.0. The molecule has 24 N–H and O–H groups in total. The molecule has 1 unspecified atom stereocenters. The molecule has 0 saturated carbocycles. The van der Waals surface area contributed by atoms with Gasteiger partial charge in [0.25, 0.3) is 0 Å². The quantitative estimate of drug-likeness (QED) is 0.0407. The van der Waals surface area contributed by atoms with Crippen LogP contribution >= 0.6 is 35.0 Å². The first-order valence-corrected chi connectivity index (χ1v) is 43.1. The minimum Gasteiger partial charge on any atom is -0.508 e. The molecule has 0 radical (unpaired) electrons. The average Bonchev–Trinajstić information content (AvgIpc) is 0.762. The van der Waals surface area contributed by atoms with E-state index in [0.717, 1.165) is 71.6 Å². The lowest BCUT2D eigenvalue weighted by Gasteiger charge is -2.46. The number of thioether (sulfide) groups is 1. The van der Waals surface area contributed by atoms with Crippen LogP contribution in [0.3, 0.4) is 0 Å². The number of ether oxygens (including phenoxy) is 9.